The van der Waals surface area contributed by atoms with Gasteiger partial charge in [-0.2, -0.15) is 13.2 Å². The van der Waals surface area contributed by atoms with Gasteiger partial charge in [0.2, 0.25) is 0 Å². The van der Waals surface area contributed by atoms with Crippen LogP contribution in [0.5, 0.6) is 17.2 Å². The Morgan fingerprint density at radius 3 is 2.44 bits per heavy atom. The van der Waals surface area contributed by atoms with Gasteiger partial charge in [-0.1, -0.05) is 18.2 Å². The van der Waals surface area contributed by atoms with Gasteiger partial charge in [0.1, 0.15) is 35.7 Å². The molecule has 0 atom stereocenters. The van der Waals surface area contributed by atoms with Crippen LogP contribution in [0.2, 0.25) is 0 Å². The van der Waals surface area contributed by atoms with Gasteiger partial charge < -0.3 is 19.0 Å². The van der Waals surface area contributed by atoms with E-state index in [0.717, 1.165) is 6.07 Å². The summed E-state index contributed by atoms with van der Waals surface area (Å²) >= 11 is 0. The van der Waals surface area contributed by atoms with Gasteiger partial charge in [0.15, 0.2) is 5.43 Å². The molecule has 5 nitrogen and oxygen atoms in total. The first-order valence-corrected chi connectivity index (χ1v) is 9.48. The van der Waals surface area contributed by atoms with Crippen molar-refractivity contribution in [3.8, 4) is 28.4 Å². The molecule has 1 heterocycles. The molecule has 0 saturated heterocycles. The molecule has 0 bridgehead atoms. The number of ether oxygens (including phenoxy) is 2. The van der Waals surface area contributed by atoms with Crippen LogP contribution in [0, 0.1) is 0 Å². The van der Waals surface area contributed by atoms with Crippen molar-refractivity contribution in [1.82, 2.24) is 0 Å². The maximum Gasteiger partial charge on any atom is 0.419 e. The van der Waals surface area contributed by atoms with Gasteiger partial charge >= 0.3 is 6.18 Å². The normalized spacial score (nSPS) is 11.5. The number of alkyl halides is 3. The highest BCUT2D eigenvalue weighted by Crippen LogP contribution is 2.37. The largest absolute Gasteiger partial charge is 0.508 e. The molecule has 4 aromatic rings. The van der Waals surface area contributed by atoms with Crippen molar-refractivity contribution in [3.63, 3.8) is 0 Å². The predicted octanol–water partition coefficient (Wildman–Crippen LogP) is 5.77. The van der Waals surface area contributed by atoms with Crippen LogP contribution >= 0.6 is 0 Å². The Morgan fingerprint density at radius 2 is 1.75 bits per heavy atom. The molecule has 164 valence electrons. The molecular formula is C24H17F3O5. The Labute approximate surface area is 180 Å². The maximum atomic E-state index is 13.2. The standard InChI is InChI=1S/C24H17F3O5/c1-30-21-9-2-14(10-20(21)24(25,26)27)12-31-17-7-8-18-22(11-17)32-13-19(23(18)29)15-3-5-16(28)6-4-15/h2-11,13,28H,12H2,1H3. The van der Waals surface area contributed by atoms with Gasteiger partial charge in [-0.05, 0) is 47.5 Å². The van der Waals surface area contributed by atoms with Gasteiger partial charge in [0.25, 0.3) is 0 Å². The lowest BCUT2D eigenvalue weighted by Gasteiger charge is -2.14. The molecule has 4 rings (SSSR count). The number of rotatable bonds is 5. The molecule has 1 aromatic heterocycles. The summed E-state index contributed by atoms with van der Waals surface area (Å²) in [6, 6.07) is 14.5. The molecule has 8 heteroatoms. The van der Waals surface area contributed by atoms with Crippen molar-refractivity contribution in [2.24, 2.45) is 0 Å². The molecule has 32 heavy (non-hydrogen) atoms. The van der Waals surface area contributed by atoms with Crippen molar-refractivity contribution in [3.05, 3.63) is 88.3 Å². The minimum absolute atomic E-state index is 0.0833. The van der Waals surface area contributed by atoms with Crippen molar-refractivity contribution >= 4 is 11.0 Å². The van der Waals surface area contributed by atoms with E-state index in [-0.39, 0.29) is 29.1 Å². The quantitative estimate of drug-likeness (QED) is 0.425. The third-order valence-electron chi connectivity index (χ3n) is 4.90. The van der Waals surface area contributed by atoms with Gasteiger partial charge in [-0.25, -0.2) is 0 Å². The van der Waals surface area contributed by atoms with E-state index in [1.807, 2.05) is 0 Å². The summed E-state index contributed by atoms with van der Waals surface area (Å²) in [5.41, 5.74) is 0.381. The van der Waals surface area contributed by atoms with Gasteiger partial charge in [-0.3, -0.25) is 4.79 Å². The summed E-state index contributed by atoms with van der Waals surface area (Å²) in [4.78, 5) is 12.8. The monoisotopic (exact) mass is 442 g/mol. The summed E-state index contributed by atoms with van der Waals surface area (Å²) in [5, 5.41) is 9.74. The third kappa shape index (κ3) is 4.25. The highest BCUT2D eigenvalue weighted by molar-refractivity contribution is 5.82. The molecule has 0 aliphatic carbocycles. The Balaban J connectivity index is 1.58. The van der Waals surface area contributed by atoms with E-state index in [2.05, 4.69) is 0 Å². The summed E-state index contributed by atoms with van der Waals surface area (Å²) in [7, 11) is 1.18. The number of hydrogen-bond acceptors (Lipinski definition) is 5. The molecule has 1 N–H and O–H groups in total. The smallest absolute Gasteiger partial charge is 0.419 e. The fraction of sp³-hybridized carbons (Fsp3) is 0.125. The Kier molecular flexibility index (Phi) is 5.52. The second-order valence-electron chi connectivity index (χ2n) is 7.00. The predicted molar refractivity (Wildman–Crippen MR) is 112 cm³/mol. The van der Waals surface area contributed by atoms with Gasteiger partial charge in [0, 0.05) is 6.07 Å². The van der Waals surface area contributed by atoms with Crippen LogP contribution < -0.4 is 14.9 Å². The topological polar surface area (TPSA) is 68.9 Å². The van der Waals surface area contributed by atoms with Crippen LogP contribution in [-0.4, -0.2) is 12.2 Å². The molecule has 0 aliphatic heterocycles. The van der Waals surface area contributed by atoms with E-state index in [4.69, 9.17) is 13.9 Å². The first-order valence-electron chi connectivity index (χ1n) is 9.48. The SMILES string of the molecule is COc1ccc(COc2ccc3c(=O)c(-c4ccc(O)cc4)coc3c2)cc1C(F)(F)F. The van der Waals surface area contributed by atoms with Crippen LogP contribution in [0.15, 0.2) is 76.1 Å². The van der Waals surface area contributed by atoms with Crippen LogP contribution in [0.4, 0.5) is 13.2 Å². The maximum absolute atomic E-state index is 13.2. The molecule has 0 aliphatic rings. The second kappa shape index (κ2) is 8.30. The van der Waals surface area contributed by atoms with E-state index >= 15 is 0 Å². The molecule has 0 unspecified atom stereocenters. The number of methoxy groups -OCH3 is 1. The number of benzene rings is 3. The number of aromatic hydroxyl groups is 1. The summed E-state index contributed by atoms with van der Waals surface area (Å²) in [6.45, 7) is -0.117. The van der Waals surface area contributed by atoms with Crippen molar-refractivity contribution < 1.29 is 32.2 Å². The average molecular weight is 442 g/mol. The minimum atomic E-state index is -4.55. The number of fused-ring (bicyclic) bond motifs is 1. The summed E-state index contributed by atoms with van der Waals surface area (Å²) < 4.78 is 55.6. The fourth-order valence-electron chi connectivity index (χ4n) is 3.27. The molecule has 0 saturated carbocycles. The lowest BCUT2D eigenvalue weighted by molar-refractivity contribution is -0.138. The van der Waals surface area contributed by atoms with Crippen molar-refractivity contribution in [2.75, 3.05) is 7.11 Å². The number of phenolic OH excluding ortho intramolecular Hbond substituents is 1. The molecular weight excluding hydrogens is 425 g/mol. The highest BCUT2D eigenvalue weighted by atomic mass is 19.4. The lowest BCUT2D eigenvalue weighted by atomic mass is 10.1. The van der Waals surface area contributed by atoms with Crippen LogP contribution in [0.25, 0.3) is 22.1 Å². The van der Waals surface area contributed by atoms with Gasteiger partial charge in [-0.15, -0.1) is 0 Å². The zero-order chi connectivity index (χ0) is 22.9. The van der Waals surface area contributed by atoms with Gasteiger partial charge in [0.05, 0.1) is 23.6 Å². The van der Waals surface area contributed by atoms with E-state index in [1.54, 1.807) is 18.2 Å². The first kappa shape index (κ1) is 21.3. The first-order chi connectivity index (χ1) is 15.3. The summed E-state index contributed by atoms with van der Waals surface area (Å²) in [5.74, 6) is 0.153. The van der Waals surface area contributed by atoms with E-state index in [0.29, 0.717) is 27.8 Å². The van der Waals surface area contributed by atoms with Crippen LogP contribution in [-0.2, 0) is 12.8 Å². The van der Waals surface area contributed by atoms with Crippen molar-refractivity contribution in [1.29, 1.82) is 0 Å². The molecule has 0 amide bonds. The highest BCUT2D eigenvalue weighted by Gasteiger charge is 2.34. The number of phenols is 1. The van der Waals surface area contributed by atoms with Crippen LogP contribution in [0.1, 0.15) is 11.1 Å². The van der Waals surface area contributed by atoms with E-state index < -0.39 is 11.7 Å². The average Bonchev–Trinajstić information content (AvgIpc) is 2.78. The molecule has 0 fully saturated rings. The fourth-order valence-corrected chi connectivity index (χ4v) is 3.27. The van der Waals surface area contributed by atoms with Crippen LogP contribution in [0.3, 0.4) is 0 Å². The number of hydrogen-bond donors (Lipinski definition) is 1. The summed E-state index contributed by atoms with van der Waals surface area (Å²) in [6.07, 6.45) is -3.23. The molecule has 0 radical (unpaired) electrons. The van der Waals surface area contributed by atoms with Crippen molar-refractivity contribution in [2.45, 2.75) is 12.8 Å². The Morgan fingerprint density at radius 1 is 1.00 bits per heavy atom. The molecule has 3 aromatic carbocycles. The Bertz CT molecular complexity index is 1320. The number of halogens is 3. The zero-order valence-corrected chi connectivity index (χ0v) is 16.8. The third-order valence-corrected chi connectivity index (χ3v) is 4.90. The minimum Gasteiger partial charge on any atom is -0.508 e. The second-order valence-corrected chi connectivity index (χ2v) is 7.00. The van der Waals surface area contributed by atoms with E-state index in [1.165, 1.54) is 49.8 Å². The van der Waals surface area contributed by atoms with E-state index in [9.17, 15) is 23.1 Å². The Hall–Kier alpha value is -3.94. The lowest BCUT2D eigenvalue weighted by Crippen LogP contribution is -2.09. The zero-order valence-electron chi connectivity index (χ0n) is 16.8. The molecule has 0 spiro atoms.